The lowest BCUT2D eigenvalue weighted by molar-refractivity contribution is -0.135. The van der Waals surface area contributed by atoms with Crippen LogP contribution in [0, 0.1) is 5.92 Å². The van der Waals surface area contributed by atoms with Crippen LogP contribution in [-0.2, 0) is 4.79 Å². The van der Waals surface area contributed by atoms with Crippen LogP contribution < -0.4 is 11.1 Å². The zero-order chi connectivity index (χ0) is 13.3. The van der Waals surface area contributed by atoms with Gasteiger partial charge < -0.3 is 11.1 Å². The molecular weight excluding hydrogens is 233 g/mol. The second kappa shape index (κ2) is 8.33. The van der Waals surface area contributed by atoms with E-state index in [2.05, 4.69) is 5.32 Å². The van der Waals surface area contributed by atoms with Crippen molar-refractivity contribution in [3.63, 3.8) is 0 Å². The molecule has 3 nitrogen and oxygen atoms in total. The molecule has 0 spiro atoms. The molecule has 0 saturated carbocycles. The van der Waals surface area contributed by atoms with Crippen LogP contribution in [0.25, 0.3) is 0 Å². The fourth-order valence-electron chi connectivity index (χ4n) is 1.56. The normalized spacial score (nSPS) is 13.5. The van der Waals surface area contributed by atoms with Crippen LogP contribution in [0.1, 0.15) is 39.0 Å². The number of hydrogen-bond donors (Lipinski definition) is 2. The molecule has 0 aliphatic heterocycles. The van der Waals surface area contributed by atoms with Crippen molar-refractivity contribution in [1.82, 2.24) is 5.32 Å². The molecule has 0 aliphatic rings. The summed E-state index contributed by atoms with van der Waals surface area (Å²) in [6.45, 7) is 2.26. The maximum absolute atomic E-state index is 11.8. The van der Waals surface area contributed by atoms with E-state index in [1.807, 2.05) is 6.92 Å². The predicted octanol–water partition coefficient (Wildman–Crippen LogP) is 2.21. The smallest absolute Gasteiger partial charge is 0.356 e. The minimum atomic E-state index is -4.21. The summed E-state index contributed by atoms with van der Waals surface area (Å²) in [5.74, 6) is 0.0677. The summed E-state index contributed by atoms with van der Waals surface area (Å²) < 4.78 is 35.4. The zero-order valence-electron chi connectivity index (χ0n) is 10.1. The quantitative estimate of drug-likeness (QED) is 0.697. The molecule has 0 aromatic carbocycles. The first-order chi connectivity index (χ1) is 7.89. The maximum Gasteiger partial charge on any atom is 0.390 e. The van der Waals surface area contributed by atoms with Crippen LogP contribution in [-0.4, -0.2) is 25.2 Å². The Morgan fingerprint density at radius 3 is 2.47 bits per heavy atom. The van der Waals surface area contributed by atoms with E-state index in [0.29, 0.717) is 18.9 Å². The SMILES string of the molecule is CCC(CCN)CCC(=O)NCCC(F)(F)F. The van der Waals surface area contributed by atoms with Gasteiger partial charge in [0.05, 0.1) is 6.42 Å². The Morgan fingerprint density at radius 2 is 2.00 bits per heavy atom. The summed E-state index contributed by atoms with van der Waals surface area (Å²) >= 11 is 0. The van der Waals surface area contributed by atoms with E-state index >= 15 is 0 Å². The van der Waals surface area contributed by atoms with Gasteiger partial charge in [-0.15, -0.1) is 0 Å². The fourth-order valence-corrected chi connectivity index (χ4v) is 1.56. The summed E-state index contributed by atoms with van der Waals surface area (Å²) in [5, 5.41) is 2.27. The Morgan fingerprint density at radius 1 is 1.35 bits per heavy atom. The third kappa shape index (κ3) is 10.1. The minimum absolute atomic E-state index is 0.274. The molecular formula is C11H21F3N2O. The number of halogens is 3. The summed E-state index contributed by atoms with van der Waals surface area (Å²) in [7, 11) is 0. The van der Waals surface area contributed by atoms with Gasteiger partial charge in [-0.1, -0.05) is 13.3 Å². The Balaban J connectivity index is 3.65. The highest BCUT2D eigenvalue weighted by atomic mass is 19.4. The first-order valence-electron chi connectivity index (χ1n) is 5.92. The number of alkyl halides is 3. The van der Waals surface area contributed by atoms with Gasteiger partial charge in [-0.25, -0.2) is 0 Å². The largest absolute Gasteiger partial charge is 0.390 e. The van der Waals surface area contributed by atoms with Gasteiger partial charge in [0.25, 0.3) is 0 Å². The van der Waals surface area contributed by atoms with Crippen molar-refractivity contribution < 1.29 is 18.0 Å². The van der Waals surface area contributed by atoms with E-state index in [-0.39, 0.29) is 18.9 Å². The molecule has 0 fully saturated rings. The number of amides is 1. The first-order valence-corrected chi connectivity index (χ1v) is 5.92. The second-order valence-electron chi connectivity index (χ2n) is 4.11. The van der Waals surface area contributed by atoms with Crippen molar-refractivity contribution in [2.24, 2.45) is 11.7 Å². The molecule has 1 atom stereocenters. The molecule has 3 N–H and O–H groups in total. The lowest BCUT2D eigenvalue weighted by atomic mass is 9.96. The highest BCUT2D eigenvalue weighted by molar-refractivity contribution is 5.75. The van der Waals surface area contributed by atoms with Crippen molar-refractivity contribution in [3.8, 4) is 0 Å². The van der Waals surface area contributed by atoms with Crippen molar-refractivity contribution in [2.45, 2.75) is 45.2 Å². The molecule has 1 unspecified atom stereocenters. The number of nitrogens with one attached hydrogen (secondary N) is 1. The molecule has 0 heterocycles. The molecule has 0 aromatic rings. The minimum Gasteiger partial charge on any atom is -0.356 e. The predicted molar refractivity (Wildman–Crippen MR) is 60.4 cm³/mol. The van der Waals surface area contributed by atoms with Gasteiger partial charge in [-0.2, -0.15) is 13.2 Å². The van der Waals surface area contributed by atoms with Gasteiger partial charge in [-0.3, -0.25) is 4.79 Å². The molecule has 1 amide bonds. The monoisotopic (exact) mass is 254 g/mol. The van der Waals surface area contributed by atoms with Crippen LogP contribution in [0.3, 0.4) is 0 Å². The van der Waals surface area contributed by atoms with Crippen molar-refractivity contribution in [3.05, 3.63) is 0 Å². The third-order valence-electron chi connectivity index (χ3n) is 2.66. The molecule has 0 aromatic heterocycles. The molecule has 17 heavy (non-hydrogen) atoms. The number of carbonyl (C=O) groups is 1. The summed E-state index contributed by atoms with van der Waals surface area (Å²) in [6, 6.07) is 0. The molecule has 102 valence electrons. The van der Waals surface area contributed by atoms with E-state index in [9.17, 15) is 18.0 Å². The van der Waals surface area contributed by atoms with E-state index < -0.39 is 12.6 Å². The lowest BCUT2D eigenvalue weighted by Gasteiger charge is -2.13. The number of nitrogens with two attached hydrogens (primary N) is 1. The topological polar surface area (TPSA) is 55.1 Å². The van der Waals surface area contributed by atoms with Crippen molar-refractivity contribution >= 4 is 5.91 Å². The third-order valence-corrected chi connectivity index (χ3v) is 2.66. The van der Waals surface area contributed by atoms with E-state index in [4.69, 9.17) is 5.73 Å². The van der Waals surface area contributed by atoms with Gasteiger partial charge >= 0.3 is 6.18 Å². The van der Waals surface area contributed by atoms with Gasteiger partial charge in [0.1, 0.15) is 0 Å². The van der Waals surface area contributed by atoms with Crippen LogP contribution in [0.2, 0.25) is 0 Å². The van der Waals surface area contributed by atoms with Gasteiger partial charge in [0.2, 0.25) is 5.91 Å². The Bertz CT molecular complexity index is 219. The summed E-state index contributed by atoms with van der Waals surface area (Å²) in [6.07, 6.45) is -2.43. The average molecular weight is 254 g/mol. The maximum atomic E-state index is 11.8. The fraction of sp³-hybridized carbons (Fsp3) is 0.909. The highest BCUT2D eigenvalue weighted by Crippen LogP contribution is 2.18. The Hall–Kier alpha value is -0.780. The second-order valence-corrected chi connectivity index (χ2v) is 4.11. The molecule has 6 heteroatoms. The summed E-state index contributed by atoms with van der Waals surface area (Å²) in [4.78, 5) is 11.2. The lowest BCUT2D eigenvalue weighted by Crippen LogP contribution is -2.28. The number of carbonyl (C=O) groups excluding carboxylic acids is 1. The Kier molecular flexibility index (Phi) is 7.95. The van der Waals surface area contributed by atoms with E-state index in [0.717, 1.165) is 12.8 Å². The van der Waals surface area contributed by atoms with Crippen LogP contribution in [0.5, 0.6) is 0 Å². The average Bonchev–Trinajstić information content (AvgIpc) is 2.22. The van der Waals surface area contributed by atoms with Crippen LogP contribution >= 0.6 is 0 Å². The van der Waals surface area contributed by atoms with Gasteiger partial charge in [-0.05, 0) is 25.3 Å². The first kappa shape index (κ1) is 16.2. The van der Waals surface area contributed by atoms with Crippen molar-refractivity contribution in [1.29, 1.82) is 0 Å². The van der Waals surface area contributed by atoms with Crippen LogP contribution in [0.15, 0.2) is 0 Å². The number of rotatable bonds is 8. The number of hydrogen-bond acceptors (Lipinski definition) is 2. The van der Waals surface area contributed by atoms with Crippen molar-refractivity contribution in [2.75, 3.05) is 13.1 Å². The molecule has 0 radical (unpaired) electrons. The molecule has 0 bridgehead atoms. The van der Waals surface area contributed by atoms with Crippen LogP contribution in [0.4, 0.5) is 13.2 Å². The highest BCUT2D eigenvalue weighted by Gasteiger charge is 2.26. The molecule has 0 saturated heterocycles. The molecule has 0 rings (SSSR count). The van der Waals surface area contributed by atoms with Gasteiger partial charge in [0.15, 0.2) is 0 Å². The van der Waals surface area contributed by atoms with E-state index in [1.54, 1.807) is 0 Å². The zero-order valence-corrected chi connectivity index (χ0v) is 10.1. The van der Waals surface area contributed by atoms with E-state index in [1.165, 1.54) is 0 Å². The standard InChI is InChI=1S/C11H21F3N2O/c1-2-9(5-7-15)3-4-10(17)16-8-6-11(12,13)14/h9H,2-8,15H2,1H3,(H,16,17). The summed E-state index contributed by atoms with van der Waals surface area (Å²) in [5.41, 5.74) is 5.41. The van der Waals surface area contributed by atoms with Gasteiger partial charge in [0, 0.05) is 13.0 Å². The molecule has 0 aliphatic carbocycles. The Labute approximate surface area is 99.9 Å².